The van der Waals surface area contributed by atoms with Crippen molar-refractivity contribution in [3.05, 3.63) is 82.6 Å². The topological polar surface area (TPSA) is 93.2 Å². The van der Waals surface area contributed by atoms with Crippen LogP contribution in [0.3, 0.4) is 0 Å². The lowest BCUT2D eigenvalue weighted by Gasteiger charge is -2.14. The van der Waals surface area contributed by atoms with Gasteiger partial charge in [-0.05, 0) is 36.6 Å². The second-order valence-electron chi connectivity index (χ2n) is 6.82. The second kappa shape index (κ2) is 10.5. The number of rotatable bonds is 8. The summed E-state index contributed by atoms with van der Waals surface area (Å²) in [6.45, 7) is 4.01. The van der Waals surface area contributed by atoms with E-state index in [1.807, 2.05) is 42.5 Å². The molecule has 7 nitrogen and oxygen atoms in total. The summed E-state index contributed by atoms with van der Waals surface area (Å²) in [5, 5.41) is 5.79. The highest BCUT2D eigenvalue weighted by Gasteiger charge is 2.22. The van der Waals surface area contributed by atoms with E-state index in [2.05, 4.69) is 27.5 Å². The molecule has 3 aromatic rings. The average molecular weight is 439 g/mol. The normalized spacial score (nSPS) is 11.5. The van der Waals surface area contributed by atoms with Crippen molar-refractivity contribution in [2.75, 3.05) is 10.6 Å². The van der Waals surface area contributed by atoms with Crippen molar-refractivity contribution in [1.29, 1.82) is 0 Å². The van der Waals surface area contributed by atoms with Crippen LogP contribution in [0.15, 0.2) is 60.8 Å². The molecule has 160 valence electrons. The molecule has 0 bridgehead atoms. The smallest absolute Gasteiger partial charge is 0.359 e. The van der Waals surface area contributed by atoms with Gasteiger partial charge in [0.2, 0.25) is 5.95 Å². The monoisotopic (exact) mass is 438 g/mol. The van der Waals surface area contributed by atoms with Gasteiger partial charge in [-0.3, -0.25) is 4.79 Å². The number of aryl methyl sites for hydroxylation is 1. The predicted octanol–water partition coefficient (Wildman–Crippen LogP) is 4.49. The van der Waals surface area contributed by atoms with Crippen LogP contribution in [0, 0.1) is 0 Å². The summed E-state index contributed by atoms with van der Waals surface area (Å²) >= 11 is 6.08. The summed E-state index contributed by atoms with van der Waals surface area (Å²) in [5.41, 5.74) is 2.70. The van der Waals surface area contributed by atoms with Crippen LogP contribution < -0.4 is 10.6 Å². The fourth-order valence-electron chi connectivity index (χ4n) is 2.71. The number of anilines is 2. The summed E-state index contributed by atoms with van der Waals surface area (Å²) < 4.78 is 5.26. The Morgan fingerprint density at radius 3 is 2.45 bits per heavy atom. The Labute approximate surface area is 185 Å². The maximum atomic E-state index is 12.5. The van der Waals surface area contributed by atoms with E-state index in [4.69, 9.17) is 16.3 Å². The van der Waals surface area contributed by atoms with Gasteiger partial charge < -0.3 is 15.4 Å². The highest BCUT2D eigenvalue weighted by molar-refractivity contribution is 6.33. The lowest BCUT2D eigenvalue weighted by molar-refractivity contribution is -0.123. The Hall–Kier alpha value is -3.45. The van der Waals surface area contributed by atoms with Gasteiger partial charge in [0.05, 0.1) is 11.2 Å². The third-order valence-electron chi connectivity index (χ3n) is 4.51. The van der Waals surface area contributed by atoms with E-state index in [1.165, 1.54) is 13.1 Å². The van der Waals surface area contributed by atoms with Gasteiger partial charge >= 0.3 is 5.97 Å². The lowest BCUT2D eigenvalue weighted by Crippen LogP contribution is -2.30. The lowest BCUT2D eigenvalue weighted by atomic mass is 10.1. The average Bonchev–Trinajstić information content (AvgIpc) is 2.79. The molecule has 1 heterocycles. The third kappa shape index (κ3) is 6.26. The predicted molar refractivity (Wildman–Crippen MR) is 120 cm³/mol. The minimum Gasteiger partial charge on any atom is -0.448 e. The van der Waals surface area contributed by atoms with Crippen molar-refractivity contribution < 1.29 is 14.3 Å². The Morgan fingerprint density at radius 1 is 1.06 bits per heavy atom. The first kappa shape index (κ1) is 22.2. The van der Waals surface area contributed by atoms with Crippen molar-refractivity contribution in [3.63, 3.8) is 0 Å². The molecule has 2 aromatic carbocycles. The SMILES string of the molecule is CCc1ccc(NC(=O)[C@@H](C)OC(=O)c2nc(NCc3ccccc3)ncc2Cl)cc1. The van der Waals surface area contributed by atoms with Gasteiger partial charge in [0.25, 0.3) is 5.91 Å². The van der Waals surface area contributed by atoms with Gasteiger partial charge in [-0.2, -0.15) is 0 Å². The van der Waals surface area contributed by atoms with Gasteiger partial charge in [-0.15, -0.1) is 0 Å². The fraction of sp³-hybridized carbons (Fsp3) is 0.217. The minimum atomic E-state index is -1.04. The molecular formula is C23H23ClN4O3. The standard InChI is InChI=1S/C23H23ClN4O3/c1-3-16-9-11-18(12-10-16)27-21(29)15(2)31-22(30)20-19(24)14-26-23(28-20)25-13-17-7-5-4-6-8-17/h4-12,14-15H,3,13H2,1-2H3,(H,27,29)(H,25,26,28)/t15-/m1/s1. The number of ether oxygens (including phenoxy) is 1. The molecule has 0 saturated heterocycles. The van der Waals surface area contributed by atoms with Crippen molar-refractivity contribution in [3.8, 4) is 0 Å². The Morgan fingerprint density at radius 2 is 1.77 bits per heavy atom. The van der Waals surface area contributed by atoms with Gasteiger partial charge in [0.15, 0.2) is 11.8 Å². The van der Waals surface area contributed by atoms with Crippen molar-refractivity contribution in [2.45, 2.75) is 32.9 Å². The zero-order valence-corrected chi connectivity index (χ0v) is 18.0. The van der Waals surface area contributed by atoms with E-state index in [0.717, 1.165) is 17.5 Å². The van der Waals surface area contributed by atoms with Crippen LogP contribution in [0.2, 0.25) is 5.02 Å². The van der Waals surface area contributed by atoms with Gasteiger partial charge in [-0.25, -0.2) is 14.8 Å². The van der Waals surface area contributed by atoms with E-state index < -0.39 is 18.0 Å². The van der Waals surface area contributed by atoms with Crippen molar-refractivity contribution in [2.24, 2.45) is 0 Å². The summed E-state index contributed by atoms with van der Waals surface area (Å²) in [7, 11) is 0. The highest BCUT2D eigenvalue weighted by atomic mass is 35.5. The molecule has 0 aliphatic rings. The van der Waals surface area contributed by atoms with Crippen molar-refractivity contribution >= 4 is 35.1 Å². The summed E-state index contributed by atoms with van der Waals surface area (Å²) in [6, 6.07) is 17.1. The molecular weight excluding hydrogens is 416 g/mol. The third-order valence-corrected chi connectivity index (χ3v) is 4.79. The highest BCUT2D eigenvalue weighted by Crippen LogP contribution is 2.17. The molecule has 8 heteroatoms. The minimum absolute atomic E-state index is 0.0398. The molecule has 2 N–H and O–H groups in total. The Balaban J connectivity index is 1.61. The largest absolute Gasteiger partial charge is 0.448 e. The quantitative estimate of drug-likeness (QED) is 0.503. The molecule has 0 saturated carbocycles. The van der Waals surface area contributed by atoms with Crippen LogP contribution in [0.5, 0.6) is 0 Å². The zero-order chi connectivity index (χ0) is 22.2. The second-order valence-corrected chi connectivity index (χ2v) is 7.22. The van der Waals surface area contributed by atoms with Crippen molar-refractivity contribution in [1.82, 2.24) is 9.97 Å². The molecule has 0 aliphatic heterocycles. The number of amides is 1. The number of carbonyl (C=O) groups excluding carboxylic acids is 2. The molecule has 0 spiro atoms. The molecule has 0 fully saturated rings. The number of halogens is 1. The summed E-state index contributed by atoms with van der Waals surface area (Å²) in [4.78, 5) is 33.1. The van der Waals surface area contributed by atoms with Gasteiger partial charge in [0, 0.05) is 12.2 Å². The first-order valence-corrected chi connectivity index (χ1v) is 10.2. The molecule has 0 unspecified atom stereocenters. The number of nitrogens with zero attached hydrogens (tertiary/aromatic N) is 2. The molecule has 31 heavy (non-hydrogen) atoms. The maximum absolute atomic E-state index is 12.5. The van der Waals surface area contributed by atoms with Crippen LogP contribution >= 0.6 is 11.6 Å². The van der Waals surface area contributed by atoms with Gasteiger partial charge in [-0.1, -0.05) is 61.0 Å². The number of esters is 1. The first-order valence-electron chi connectivity index (χ1n) is 9.87. The number of aromatic nitrogens is 2. The zero-order valence-electron chi connectivity index (χ0n) is 17.3. The number of nitrogens with one attached hydrogen (secondary N) is 2. The Bertz CT molecular complexity index is 1040. The molecule has 3 rings (SSSR count). The van der Waals surface area contributed by atoms with E-state index in [9.17, 15) is 9.59 Å². The fourth-order valence-corrected chi connectivity index (χ4v) is 2.88. The van der Waals surface area contributed by atoms with E-state index in [0.29, 0.717) is 12.2 Å². The first-order chi connectivity index (χ1) is 15.0. The maximum Gasteiger partial charge on any atom is 0.359 e. The van der Waals surface area contributed by atoms with Crippen LogP contribution in [-0.4, -0.2) is 27.9 Å². The summed E-state index contributed by atoms with van der Waals surface area (Å²) in [5.74, 6) is -1.03. The molecule has 0 aliphatic carbocycles. The van der Waals surface area contributed by atoms with E-state index in [1.54, 1.807) is 12.1 Å². The van der Waals surface area contributed by atoms with Crippen LogP contribution in [-0.2, 0) is 22.5 Å². The van der Waals surface area contributed by atoms with Gasteiger partial charge in [0.1, 0.15) is 0 Å². The molecule has 1 atom stereocenters. The number of carbonyl (C=O) groups is 2. The number of benzene rings is 2. The van der Waals surface area contributed by atoms with Crippen LogP contribution in [0.25, 0.3) is 0 Å². The van der Waals surface area contributed by atoms with E-state index >= 15 is 0 Å². The van der Waals surface area contributed by atoms with Crippen LogP contribution in [0.1, 0.15) is 35.5 Å². The summed E-state index contributed by atoms with van der Waals surface area (Å²) in [6.07, 6.45) is 1.19. The number of hydrogen-bond acceptors (Lipinski definition) is 6. The Kier molecular flexibility index (Phi) is 7.56. The molecule has 1 aromatic heterocycles. The van der Waals surface area contributed by atoms with E-state index in [-0.39, 0.29) is 16.7 Å². The van der Waals surface area contributed by atoms with Crippen LogP contribution in [0.4, 0.5) is 11.6 Å². The number of hydrogen-bond donors (Lipinski definition) is 2. The molecule has 1 amide bonds. The molecule has 0 radical (unpaired) electrons.